The van der Waals surface area contributed by atoms with Crippen LogP contribution >= 0.6 is 0 Å². The molecule has 1 saturated heterocycles. The van der Waals surface area contributed by atoms with E-state index >= 15 is 0 Å². The van der Waals surface area contributed by atoms with Crippen LogP contribution in [0.3, 0.4) is 0 Å². The number of nitrogens with zero attached hydrogens (tertiary/aromatic N) is 2. The molecule has 5 rings (SSSR count). The fraction of sp³-hybridized carbons (Fsp3) is 0.423. The summed E-state index contributed by atoms with van der Waals surface area (Å²) in [6.07, 6.45) is 1.89. The lowest BCUT2D eigenvalue weighted by Gasteiger charge is -2.28. The highest BCUT2D eigenvalue weighted by atomic mass is 19.3. The maximum atomic E-state index is 13.4. The van der Waals surface area contributed by atoms with E-state index in [1.54, 1.807) is 0 Å². The third kappa shape index (κ3) is 5.01. The SMILES string of the molecule is O=C(O)CC1CNC(c2ccc(-c3noc(-c4ccc(C5CCC(F)(F)CC5)cc4)n3)cc2)C1. The lowest BCUT2D eigenvalue weighted by atomic mass is 9.82. The van der Waals surface area contributed by atoms with E-state index in [4.69, 9.17) is 9.63 Å². The monoisotopic (exact) mass is 467 g/mol. The Morgan fingerprint density at radius 3 is 2.35 bits per heavy atom. The van der Waals surface area contributed by atoms with Gasteiger partial charge in [0.05, 0.1) is 0 Å². The molecule has 0 spiro atoms. The Labute approximate surface area is 196 Å². The molecule has 2 aromatic carbocycles. The fourth-order valence-electron chi connectivity index (χ4n) is 5.06. The normalized spacial score (nSPS) is 22.6. The summed E-state index contributed by atoms with van der Waals surface area (Å²) in [4.78, 5) is 15.5. The first-order valence-electron chi connectivity index (χ1n) is 11.7. The smallest absolute Gasteiger partial charge is 0.303 e. The maximum absolute atomic E-state index is 13.4. The highest BCUT2D eigenvalue weighted by Gasteiger charge is 2.35. The van der Waals surface area contributed by atoms with Gasteiger partial charge in [0.2, 0.25) is 11.7 Å². The number of benzene rings is 2. The van der Waals surface area contributed by atoms with Gasteiger partial charge in [-0.2, -0.15) is 4.98 Å². The Morgan fingerprint density at radius 2 is 1.68 bits per heavy atom. The van der Waals surface area contributed by atoms with Crippen LogP contribution in [0.2, 0.25) is 0 Å². The van der Waals surface area contributed by atoms with Crippen LogP contribution in [0.1, 0.15) is 61.6 Å². The molecule has 1 saturated carbocycles. The number of hydrogen-bond acceptors (Lipinski definition) is 5. The molecular weight excluding hydrogens is 440 g/mol. The summed E-state index contributed by atoms with van der Waals surface area (Å²) >= 11 is 0. The number of carboxylic acid groups (broad SMARTS) is 1. The maximum Gasteiger partial charge on any atom is 0.303 e. The van der Waals surface area contributed by atoms with Crippen LogP contribution in [0, 0.1) is 5.92 Å². The van der Waals surface area contributed by atoms with E-state index in [2.05, 4.69) is 15.5 Å². The molecule has 2 N–H and O–H groups in total. The van der Waals surface area contributed by atoms with Gasteiger partial charge in [0.15, 0.2) is 0 Å². The molecule has 2 atom stereocenters. The first-order valence-corrected chi connectivity index (χ1v) is 11.7. The summed E-state index contributed by atoms with van der Waals surface area (Å²) < 4.78 is 32.3. The van der Waals surface area contributed by atoms with E-state index in [1.165, 1.54) is 0 Å². The Bertz CT molecular complexity index is 1130. The van der Waals surface area contributed by atoms with Crippen molar-refractivity contribution in [3.63, 3.8) is 0 Å². The summed E-state index contributed by atoms with van der Waals surface area (Å²) in [6.45, 7) is 0.707. The van der Waals surface area contributed by atoms with Crippen LogP contribution in [0.25, 0.3) is 22.8 Å². The summed E-state index contributed by atoms with van der Waals surface area (Å²) in [7, 11) is 0. The zero-order valence-corrected chi connectivity index (χ0v) is 18.7. The van der Waals surface area contributed by atoms with Gasteiger partial charge in [-0.05, 0) is 60.9 Å². The van der Waals surface area contributed by atoms with Gasteiger partial charge in [-0.3, -0.25) is 4.79 Å². The van der Waals surface area contributed by atoms with Crippen molar-refractivity contribution in [2.45, 2.75) is 56.4 Å². The molecule has 0 amide bonds. The third-order valence-electron chi connectivity index (χ3n) is 7.03. The summed E-state index contributed by atoms with van der Waals surface area (Å²) in [5.74, 6) is -2.07. The van der Waals surface area contributed by atoms with Crippen LogP contribution in [-0.4, -0.2) is 33.7 Å². The molecule has 1 aromatic heterocycles. The third-order valence-corrected chi connectivity index (χ3v) is 7.03. The summed E-state index contributed by atoms with van der Waals surface area (Å²) in [5.41, 5.74) is 3.80. The van der Waals surface area contributed by atoms with Gasteiger partial charge in [-0.25, -0.2) is 8.78 Å². The van der Waals surface area contributed by atoms with E-state index in [0.29, 0.717) is 31.1 Å². The number of alkyl halides is 2. The van der Waals surface area contributed by atoms with E-state index in [0.717, 1.165) is 28.7 Å². The lowest BCUT2D eigenvalue weighted by molar-refractivity contribution is -0.137. The Morgan fingerprint density at radius 1 is 1.03 bits per heavy atom. The number of halogens is 2. The van der Waals surface area contributed by atoms with Crippen LogP contribution in [-0.2, 0) is 4.79 Å². The summed E-state index contributed by atoms with van der Waals surface area (Å²) in [6, 6.07) is 15.8. The topological polar surface area (TPSA) is 88.2 Å². The average molecular weight is 468 g/mol. The predicted octanol–water partition coefficient (Wildman–Crippen LogP) is 5.82. The first kappa shape index (κ1) is 22.7. The molecule has 6 nitrogen and oxygen atoms in total. The average Bonchev–Trinajstić information content (AvgIpc) is 3.49. The number of rotatable bonds is 6. The van der Waals surface area contributed by atoms with Gasteiger partial charge in [0.1, 0.15) is 0 Å². The number of hydrogen-bond donors (Lipinski definition) is 2. The fourth-order valence-corrected chi connectivity index (χ4v) is 5.06. The lowest BCUT2D eigenvalue weighted by Crippen LogP contribution is -2.23. The van der Waals surface area contributed by atoms with Crippen LogP contribution in [0.5, 0.6) is 0 Å². The Hall–Kier alpha value is -3.13. The molecule has 3 aromatic rings. The molecule has 2 aliphatic rings. The number of nitrogens with one attached hydrogen (secondary N) is 1. The van der Waals surface area contributed by atoms with Crippen LogP contribution in [0.4, 0.5) is 8.78 Å². The van der Waals surface area contributed by atoms with Gasteiger partial charge in [0.25, 0.3) is 5.89 Å². The second kappa shape index (κ2) is 9.25. The minimum absolute atomic E-state index is 0.0506. The van der Waals surface area contributed by atoms with E-state index in [1.807, 2.05) is 48.5 Å². The van der Waals surface area contributed by atoms with Gasteiger partial charge in [0, 0.05) is 36.4 Å². The van der Waals surface area contributed by atoms with Gasteiger partial charge >= 0.3 is 5.97 Å². The van der Waals surface area contributed by atoms with E-state index < -0.39 is 11.9 Å². The number of aromatic nitrogens is 2. The second-order valence-electron chi connectivity index (χ2n) is 9.46. The molecule has 1 aliphatic carbocycles. The van der Waals surface area contributed by atoms with Crippen molar-refractivity contribution < 1.29 is 23.2 Å². The zero-order valence-electron chi connectivity index (χ0n) is 18.7. The molecule has 0 radical (unpaired) electrons. The van der Waals surface area contributed by atoms with Crippen molar-refractivity contribution in [1.82, 2.24) is 15.5 Å². The molecule has 0 bridgehead atoms. The van der Waals surface area contributed by atoms with Gasteiger partial charge < -0.3 is 14.9 Å². The number of carbonyl (C=O) groups is 1. The van der Waals surface area contributed by atoms with Crippen LogP contribution < -0.4 is 5.32 Å². The zero-order chi connectivity index (χ0) is 23.7. The molecular formula is C26H27F2N3O3. The van der Waals surface area contributed by atoms with Crippen molar-refractivity contribution in [2.24, 2.45) is 5.92 Å². The highest BCUT2D eigenvalue weighted by Crippen LogP contribution is 2.41. The molecule has 2 fully saturated rings. The molecule has 8 heteroatoms. The summed E-state index contributed by atoms with van der Waals surface area (Å²) in [5, 5.41) is 16.5. The van der Waals surface area contributed by atoms with Crippen molar-refractivity contribution in [1.29, 1.82) is 0 Å². The second-order valence-corrected chi connectivity index (χ2v) is 9.46. The molecule has 2 unspecified atom stereocenters. The first-order chi connectivity index (χ1) is 16.4. The molecule has 1 aliphatic heterocycles. The highest BCUT2D eigenvalue weighted by molar-refractivity contribution is 5.67. The van der Waals surface area contributed by atoms with E-state index in [9.17, 15) is 13.6 Å². The van der Waals surface area contributed by atoms with Gasteiger partial charge in [-0.1, -0.05) is 41.6 Å². The van der Waals surface area contributed by atoms with Crippen molar-refractivity contribution in [2.75, 3.05) is 6.54 Å². The van der Waals surface area contributed by atoms with Crippen LogP contribution in [0.15, 0.2) is 53.1 Å². The Balaban J connectivity index is 1.23. The molecule has 178 valence electrons. The largest absolute Gasteiger partial charge is 0.481 e. The number of aliphatic carboxylic acids is 1. The quantitative estimate of drug-likeness (QED) is 0.475. The molecule has 2 heterocycles. The standard InChI is InChI=1S/C26H27F2N3O3/c27-26(28)11-9-18(10-12-26)17-1-7-21(8-2-17)25-30-24(31-34-25)20-5-3-19(4-6-20)22-13-16(15-29-22)14-23(32)33/h1-8,16,18,22,29H,9-15H2,(H,32,33). The van der Waals surface area contributed by atoms with Gasteiger partial charge in [-0.15, -0.1) is 0 Å². The van der Waals surface area contributed by atoms with Crippen molar-refractivity contribution in [3.05, 3.63) is 59.7 Å². The minimum atomic E-state index is -2.52. The van der Waals surface area contributed by atoms with E-state index in [-0.39, 0.29) is 37.1 Å². The van der Waals surface area contributed by atoms with Crippen molar-refractivity contribution in [3.8, 4) is 22.8 Å². The minimum Gasteiger partial charge on any atom is -0.481 e. The number of carboxylic acids is 1. The predicted molar refractivity (Wildman–Crippen MR) is 122 cm³/mol. The molecule has 34 heavy (non-hydrogen) atoms. The van der Waals surface area contributed by atoms with Crippen molar-refractivity contribution >= 4 is 5.97 Å². The Kier molecular flexibility index (Phi) is 6.16.